The van der Waals surface area contributed by atoms with Gasteiger partial charge in [-0.25, -0.2) is 0 Å². The Bertz CT molecular complexity index is 450. The standard InChI is InChI=1S/C16H22ClNO2/c1-12(14-4-2-3-5-15(14)17)18-13-6-8-16(9-7-13)19-10-11-20-16/h2-5,12-13,18H,6-11H2,1H3/t12-/m0/s1. The second-order valence-electron chi connectivity index (χ2n) is 5.79. The number of rotatable bonds is 3. The van der Waals surface area contributed by atoms with E-state index in [1.54, 1.807) is 0 Å². The van der Waals surface area contributed by atoms with Crippen molar-refractivity contribution in [3.63, 3.8) is 0 Å². The smallest absolute Gasteiger partial charge is 0.168 e. The van der Waals surface area contributed by atoms with Gasteiger partial charge in [0.15, 0.2) is 5.79 Å². The summed E-state index contributed by atoms with van der Waals surface area (Å²) in [5.41, 5.74) is 1.17. The molecule has 0 radical (unpaired) electrons. The first-order chi connectivity index (χ1) is 9.69. The summed E-state index contributed by atoms with van der Waals surface area (Å²) in [6.07, 6.45) is 4.16. The van der Waals surface area contributed by atoms with Gasteiger partial charge in [-0.05, 0) is 31.4 Å². The van der Waals surface area contributed by atoms with Crippen molar-refractivity contribution >= 4 is 11.6 Å². The molecule has 1 aliphatic carbocycles. The topological polar surface area (TPSA) is 30.5 Å². The van der Waals surface area contributed by atoms with Crippen LogP contribution < -0.4 is 5.32 Å². The molecule has 0 amide bonds. The Morgan fingerprint density at radius 1 is 1.20 bits per heavy atom. The number of halogens is 1. The maximum Gasteiger partial charge on any atom is 0.168 e. The molecular weight excluding hydrogens is 274 g/mol. The molecule has 1 saturated heterocycles. The first kappa shape index (κ1) is 14.3. The molecule has 2 aliphatic rings. The third kappa shape index (κ3) is 3.01. The molecule has 2 fully saturated rings. The third-order valence-corrected chi connectivity index (χ3v) is 4.76. The quantitative estimate of drug-likeness (QED) is 0.923. The lowest BCUT2D eigenvalue weighted by Gasteiger charge is -2.36. The predicted molar refractivity (Wildman–Crippen MR) is 79.9 cm³/mol. The van der Waals surface area contributed by atoms with Crippen molar-refractivity contribution in [1.29, 1.82) is 0 Å². The molecule has 1 N–H and O–H groups in total. The zero-order chi connectivity index (χ0) is 14.0. The summed E-state index contributed by atoms with van der Waals surface area (Å²) in [6.45, 7) is 3.66. The lowest BCUT2D eigenvalue weighted by Crippen LogP contribution is -2.42. The van der Waals surface area contributed by atoms with E-state index in [0.29, 0.717) is 6.04 Å². The van der Waals surface area contributed by atoms with Crippen molar-refractivity contribution in [2.45, 2.75) is 50.5 Å². The van der Waals surface area contributed by atoms with E-state index in [0.717, 1.165) is 43.9 Å². The predicted octanol–water partition coefficient (Wildman–Crippen LogP) is 3.68. The highest BCUT2D eigenvalue weighted by atomic mass is 35.5. The van der Waals surface area contributed by atoms with Crippen LogP contribution in [0.5, 0.6) is 0 Å². The molecule has 1 aromatic carbocycles. The molecule has 1 atom stereocenters. The summed E-state index contributed by atoms with van der Waals surface area (Å²) in [5.74, 6) is -0.272. The summed E-state index contributed by atoms with van der Waals surface area (Å²) in [5, 5.41) is 4.52. The molecule has 0 unspecified atom stereocenters. The number of nitrogens with one attached hydrogen (secondary N) is 1. The molecule has 3 nitrogen and oxygen atoms in total. The number of benzene rings is 1. The molecule has 4 heteroatoms. The highest BCUT2D eigenvalue weighted by Gasteiger charge is 2.40. The van der Waals surface area contributed by atoms with E-state index in [4.69, 9.17) is 21.1 Å². The Balaban J connectivity index is 1.56. The van der Waals surface area contributed by atoms with Crippen molar-refractivity contribution in [1.82, 2.24) is 5.32 Å². The summed E-state index contributed by atoms with van der Waals surface area (Å²) >= 11 is 6.26. The largest absolute Gasteiger partial charge is 0.348 e. The Morgan fingerprint density at radius 3 is 2.50 bits per heavy atom. The van der Waals surface area contributed by atoms with Crippen LogP contribution in [0, 0.1) is 0 Å². The number of hydrogen-bond acceptors (Lipinski definition) is 3. The van der Waals surface area contributed by atoms with Crippen LogP contribution in [0.3, 0.4) is 0 Å². The maximum absolute atomic E-state index is 6.26. The summed E-state index contributed by atoms with van der Waals surface area (Å²) in [4.78, 5) is 0. The fourth-order valence-corrected chi connectivity index (χ4v) is 3.58. The fourth-order valence-electron chi connectivity index (χ4n) is 3.28. The minimum Gasteiger partial charge on any atom is -0.348 e. The maximum atomic E-state index is 6.26. The van der Waals surface area contributed by atoms with Crippen molar-refractivity contribution in [2.75, 3.05) is 13.2 Å². The van der Waals surface area contributed by atoms with Gasteiger partial charge in [0.2, 0.25) is 0 Å². The van der Waals surface area contributed by atoms with Gasteiger partial charge in [0, 0.05) is 29.9 Å². The molecule has 1 heterocycles. The van der Waals surface area contributed by atoms with E-state index in [1.165, 1.54) is 5.56 Å². The van der Waals surface area contributed by atoms with E-state index in [1.807, 2.05) is 18.2 Å². The average Bonchev–Trinajstić information content (AvgIpc) is 2.90. The van der Waals surface area contributed by atoms with Crippen LogP contribution in [0.25, 0.3) is 0 Å². The molecule has 1 aliphatic heterocycles. The van der Waals surface area contributed by atoms with Crippen LogP contribution >= 0.6 is 11.6 Å². The lowest BCUT2D eigenvalue weighted by atomic mass is 9.89. The summed E-state index contributed by atoms with van der Waals surface area (Å²) in [6, 6.07) is 8.83. The molecule has 1 saturated carbocycles. The minimum absolute atomic E-state index is 0.271. The molecule has 3 rings (SSSR count). The van der Waals surface area contributed by atoms with Crippen molar-refractivity contribution < 1.29 is 9.47 Å². The van der Waals surface area contributed by atoms with Gasteiger partial charge < -0.3 is 14.8 Å². The Labute approximate surface area is 125 Å². The fraction of sp³-hybridized carbons (Fsp3) is 0.625. The SMILES string of the molecule is C[C@H](NC1CCC2(CC1)OCCO2)c1ccccc1Cl. The molecular formula is C16H22ClNO2. The summed E-state index contributed by atoms with van der Waals surface area (Å²) in [7, 11) is 0. The molecule has 110 valence electrons. The van der Waals surface area contributed by atoms with Crippen molar-refractivity contribution in [3.05, 3.63) is 34.9 Å². The zero-order valence-corrected chi connectivity index (χ0v) is 12.7. The van der Waals surface area contributed by atoms with Crippen LogP contribution in [0.2, 0.25) is 5.02 Å². The normalized spacial score (nSPS) is 24.1. The van der Waals surface area contributed by atoms with Gasteiger partial charge in [0.05, 0.1) is 13.2 Å². The van der Waals surface area contributed by atoms with Crippen LogP contribution in [-0.2, 0) is 9.47 Å². The van der Waals surface area contributed by atoms with Gasteiger partial charge in [-0.15, -0.1) is 0 Å². The van der Waals surface area contributed by atoms with E-state index >= 15 is 0 Å². The second-order valence-corrected chi connectivity index (χ2v) is 6.20. The molecule has 0 bridgehead atoms. The monoisotopic (exact) mass is 295 g/mol. The molecule has 1 spiro atoms. The van der Waals surface area contributed by atoms with E-state index in [9.17, 15) is 0 Å². The van der Waals surface area contributed by atoms with E-state index in [-0.39, 0.29) is 11.8 Å². The molecule has 20 heavy (non-hydrogen) atoms. The highest BCUT2D eigenvalue weighted by Crippen LogP contribution is 2.36. The first-order valence-electron chi connectivity index (χ1n) is 7.47. The van der Waals surface area contributed by atoms with Crippen LogP contribution in [0.15, 0.2) is 24.3 Å². The van der Waals surface area contributed by atoms with Gasteiger partial charge in [-0.1, -0.05) is 29.8 Å². The highest BCUT2D eigenvalue weighted by molar-refractivity contribution is 6.31. The molecule has 1 aromatic rings. The third-order valence-electron chi connectivity index (χ3n) is 4.42. The molecule has 0 aromatic heterocycles. The van der Waals surface area contributed by atoms with Gasteiger partial charge in [0.1, 0.15) is 0 Å². The zero-order valence-electron chi connectivity index (χ0n) is 11.9. The van der Waals surface area contributed by atoms with Crippen LogP contribution in [0.1, 0.15) is 44.2 Å². The van der Waals surface area contributed by atoms with Crippen LogP contribution in [0.4, 0.5) is 0 Å². The van der Waals surface area contributed by atoms with Crippen molar-refractivity contribution in [3.8, 4) is 0 Å². The van der Waals surface area contributed by atoms with Gasteiger partial charge >= 0.3 is 0 Å². The van der Waals surface area contributed by atoms with E-state index in [2.05, 4.69) is 18.3 Å². The Kier molecular flexibility index (Phi) is 4.32. The minimum atomic E-state index is -0.272. The van der Waals surface area contributed by atoms with Gasteiger partial charge in [0.25, 0.3) is 0 Å². The first-order valence-corrected chi connectivity index (χ1v) is 7.85. The summed E-state index contributed by atoms with van der Waals surface area (Å²) < 4.78 is 11.5. The average molecular weight is 296 g/mol. The number of hydrogen-bond donors (Lipinski definition) is 1. The second kappa shape index (κ2) is 6.02. The van der Waals surface area contributed by atoms with Gasteiger partial charge in [-0.2, -0.15) is 0 Å². The van der Waals surface area contributed by atoms with E-state index < -0.39 is 0 Å². The number of ether oxygens (including phenoxy) is 2. The van der Waals surface area contributed by atoms with Crippen molar-refractivity contribution in [2.24, 2.45) is 0 Å². The Hall–Kier alpha value is -0.610. The Morgan fingerprint density at radius 2 is 1.85 bits per heavy atom. The lowest BCUT2D eigenvalue weighted by molar-refractivity contribution is -0.179. The van der Waals surface area contributed by atoms with Gasteiger partial charge in [-0.3, -0.25) is 0 Å². The van der Waals surface area contributed by atoms with Crippen LogP contribution in [-0.4, -0.2) is 25.0 Å².